The van der Waals surface area contributed by atoms with Gasteiger partial charge in [0.05, 0.1) is 13.2 Å². The Morgan fingerprint density at radius 1 is 1.12 bits per heavy atom. The zero-order chi connectivity index (χ0) is 16.1. The maximum absolute atomic E-state index is 12.4. The predicted octanol–water partition coefficient (Wildman–Crippen LogP) is 2.08. The van der Waals surface area contributed by atoms with Crippen molar-refractivity contribution >= 4 is 18.3 Å². The maximum atomic E-state index is 12.4. The largest absolute Gasteiger partial charge is 0.379 e. The van der Waals surface area contributed by atoms with Gasteiger partial charge in [0.15, 0.2) is 0 Å². The SMILES string of the molecule is Cl.N[C@@H]1CCC[C@H]1CC(=O)NCC1(N2CCOCC2)CCCCC1. The first-order chi connectivity index (χ1) is 11.2. The summed E-state index contributed by atoms with van der Waals surface area (Å²) in [5.41, 5.74) is 6.27. The second kappa shape index (κ2) is 9.37. The van der Waals surface area contributed by atoms with Gasteiger partial charge in [0, 0.05) is 37.6 Å². The molecule has 3 rings (SSSR count). The van der Waals surface area contributed by atoms with Crippen molar-refractivity contribution in [2.75, 3.05) is 32.8 Å². The van der Waals surface area contributed by atoms with Crippen LogP contribution in [0.25, 0.3) is 0 Å². The minimum absolute atomic E-state index is 0. The Labute approximate surface area is 152 Å². The van der Waals surface area contributed by atoms with Crippen molar-refractivity contribution in [1.82, 2.24) is 10.2 Å². The van der Waals surface area contributed by atoms with E-state index in [4.69, 9.17) is 10.5 Å². The van der Waals surface area contributed by atoms with E-state index in [1.165, 1.54) is 38.5 Å². The lowest BCUT2D eigenvalue weighted by atomic mass is 9.79. The molecular formula is C18H34ClN3O2. The van der Waals surface area contributed by atoms with Gasteiger partial charge >= 0.3 is 0 Å². The van der Waals surface area contributed by atoms with Crippen LogP contribution in [0.4, 0.5) is 0 Å². The highest BCUT2D eigenvalue weighted by Crippen LogP contribution is 2.34. The van der Waals surface area contributed by atoms with E-state index >= 15 is 0 Å². The van der Waals surface area contributed by atoms with Crippen molar-refractivity contribution < 1.29 is 9.53 Å². The molecule has 1 amide bonds. The van der Waals surface area contributed by atoms with Crippen LogP contribution < -0.4 is 11.1 Å². The standard InChI is InChI=1S/C18H33N3O2.ClH/c19-16-6-4-5-15(16)13-17(22)20-14-18(7-2-1-3-8-18)21-9-11-23-12-10-21;/h15-16H,1-14,19H2,(H,20,22);1H/t15-,16+;/m0./s1. The Morgan fingerprint density at radius 2 is 1.83 bits per heavy atom. The number of carbonyl (C=O) groups is 1. The van der Waals surface area contributed by atoms with Gasteiger partial charge < -0.3 is 15.8 Å². The molecule has 0 aromatic carbocycles. The number of hydrogen-bond acceptors (Lipinski definition) is 4. The molecule has 0 bridgehead atoms. The van der Waals surface area contributed by atoms with Gasteiger partial charge in [-0.3, -0.25) is 9.69 Å². The number of carbonyl (C=O) groups excluding carboxylic acids is 1. The third-order valence-electron chi connectivity index (χ3n) is 6.25. The highest BCUT2D eigenvalue weighted by atomic mass is 35.5. The number of nitrogens with zero attached hydrogens (tertiary/aromatic N) is 1. The number of amides is 1. The van der Waals surface area contributed by atoms with Crippen molar-refractivity contribution in [3.8, 4) is 0 Å². The highest BCUT2D eigenvalue weighted by molar-refractivity contribution is 5.85. The molecule has 140 valence electrons. The number of ether oxygens (including phenoxy) is 1. The third kappa shape index (κ3) is 4.84. The summed E-state index contributed by atoms with van der Waals surface area (Å²) in [7, 11) is 0. The number of nitrogens with one attached hydrogen (secondary N) is 1. The summed E-state index contributed by atoms with van der Waals surface area (Å²) in [6, 6.07) is 0.226. The van der Waals surface area contributed by atoms with Gasteiger partial charge in [-0.05, 0) is 31.6 Å². The van der Waals surface area contributed by atoms with Crippen LogP contribution in [-0.2, 0) is 9.53 Å². The fourth-order valence-electron chi connectivity index (χ4n) is 4.74. The zero-order valence-electron chi connectivity index (χ0n) is 14.8. The van der Waals surface area contributed by atoms with E-state index < -0.39 is 0 Å². The van der Waals surface area contributed by atoms with Gasteiger partial charge in [-0.25, -0.2) is 0 Å². The summed E-state index contributed by atoms with van der Waals surface area (Å²) in [5, 5.41) is 3.26. The number of morpholine rings is 1. The topological polar surface area (TPSA) is 67.6 Å². The van der Waals surface area contributed by atoms with Gasteiger partial charge in [0.1, 0.15) is 0 Å². The zero-order valence-corrected chi connectivity index (χ0v) is 15.6. The van der Waals surface area contributed by atoms with E-state index in [-0.39, 0.29) is 29.9 Å². The van der Waals surface area contributed by atoms with E-state index in [9.17, 15) is 4.79 Å². The molecule has 0 aromatic rings. The molecule has 0 spiro atoms. The summed E-state index contributed by atoms with van der Waals surface area (Å²) >= 11 is 0. The second-order valence-corrected chi connectivity index (χ2v) is 7.72. The minimum Gasteiger partial charge on any atom is -0.379 e. The monoisotopic (exact) mass is 359 g/mol. The highest BCUT2D eigenvalue weighted by Gasteiger charge is 2.39. The van der Waals surface area contributed by atoms with Gasteiger partial charge in [-0.15, -0.1) is 12.4 Å². The molecule has 1 heterocycles. The Bertz CT molecular complexity index is 396. The van der Waals surface area contributed by atoms with Crippen LogP contribution >= 0.6 is 12.4 Å². The molecule has 24 heavy (non-hydrogen) atoms. The molecule has 5 nitrogen and oxygen atoms in total. The molecule has 3 N–H and O–H groups in total. The Balaban J connectivity index is 0.00000208. The minimum atomic E-state index is 0. The van der Waals surface area contributed by atoms with Crippen molar-refractivity contribution in [1.29, 1.82) is 0 Å². The normalized spacial score (nSPS) is 30.5. The predicted molar refractivity (Wildman–Crippen MR) is 98.4 cm³/mol. The average molecular weight is 360 g/mol. The number of nitrogens with two attached hydrogens (primary N) is 1. The van der Waals surface area contributed by atoms with Crippen LogP contribution in [0.3, 0.4) is 0 Å². The first-order valence-corrected chi connectivity index (χ1v) is 9.55. The second-order valence-electron chi connectivity index (χ2n) is 7.72. The first-order valence-electron chi connectivity index (χ1n) is 9.55. The smallest absolute Gasteiger partial charge is 0.220 e. The molecule has 0 radical (unpaired) electrons. The molecule has 3 aliphatic rings. The van der Waals surface area contributed by atoms with E-state index in [0.717, 1.165) is 45.7 Å². The van der Waals surface area contributed by atoms with Gasteiger partial charge in [0.2, 0.25) is 5.91 Å². The molecule has 2 saturated carbocycles. The number of hydrogen-bond donors (Lipinski definition) is 2. The van der Waals surface area contributed by atoms with E-state index in [1.807, 2.05) is 0 Å². The summed E-state index contributed by atoms with van der Waals surface area (Å²) in [5.74, 6) is 0.589. The quantitative estimate of drug-likeness (QED) is 0.788. The van der Waals surface area contributed by atoms with Gasteiger partial charge in [-0.2, -0.15) is 0 Å². The van der Waals surface area contributed by atoms with Crippen LogP contribution in [0.5, 0.6) is 0 Å². The number of halogens is 1. The summed E-state index contributed by atoms with van der Waals surface area (Å²) in [6.45, 7) is 4.46. The van der Waals surface area contributed by atoms with Crippen molar-refractivity contribution in [3.63, 3.8) is 0 Å². The Kier molecular flexibility index (Phi) is 7.79. The molecule has 0 unspecified atom stereocenters. The Hall–Kier alpha value is -0.360. The van der Waals surface area contributed by atoms with E-state index in [1.54, 1.807) is 0 Å². The molecule has 1 saturated heterocycles. The first kappa shape index (κ1) is 20.0. The fraction of sp³-hybridized carbons (Fsp3) is 0.944. The summed E-state index contributed by atoms with van der Waals surface area (Å²) in [4.78, 5) is 15.0. The fourth-order valence-corrected chi connectivity index (χ4v) is 4.74. The lowest BCUT2D eigenvalue weighted by Crippen LogP contribution is -2.59. The van der Waals surface area contributed by atoms with Gasteiger partial charge in [0.25, 0.3) is 0 Å². The molecule has 3 fully saturated rings. The summed E-state index contributed by atoms with van der Waals surface area (Å²) < 4.78 is 5.52. The Morgan fingerprint density at radius 3 is 2.46 bits per heavy atom. The molecular weight excluding hydrogens is 326 g/mol. The molecule has 6 heteroatoms. The molecule has 1 aliphatic heterocycles. The van der Waals surface area contributed by atoms with Crippen LogP contribution in [0.1, 0.15) is 57.8 Å². The van der Waals surface area contributed by atoms with E-state index in [2.05, 4.69) is 10.2 Å². The van der Waals surface area contributed by atoms with Crippen LogP contribution in [0, 0.1) is 5.92 Å². The van der Waals surface area contributed by atoms with Crippen molar-refractivity contribution in [3.05, 3.63) is 0 Å². The van der Waals surface area contributed by atoms with Gasteiger partial charge in [-0.1, -0.05) is 25.7 Å². The van der Waals surface area contributed by atoms with Crippen LogP contribution in [0.15, 0.2) is 0 Å². The third-order valence-corrected chi connectivity index (χ3v) is 6.25. The average Bonchev–Trinajstić information content (AvgIpc) is 2.99. The maximum Gasteiger partial charge on any atom is 0.220 e. The summed E-state index contributed by atoms with van der Waals surface area (Å²) in [6.07, 6.45) is 10.3. The lowest BCUT2D eigenvalue weighted by Gasteiger charge is -2.48. The molecule has 0 aromatic heterocycles. The molecule has 2 atom stereocenters. The van der Waals surface area contributed by atoms with Crippen LogP contribution in [0.2, 0.25) is 0 Å². The van der Waals surface area contributed by atoms with E-state index in [0.29, 0.717) is 12.3 Å². The lowest BCUT2D eigenvalue weighted by molar-refractivity contribution is -0.123. The number of rotatable bonds is 5. The van der Waals surface area contributed by atoms with Crippen molar-refractivity contribution in [2.45, 2.75) is 69.4 Å². The molecule has 2 aliphatic carbocycles. The van der Waals surface area contributed by atoms with Crippen molar-refractivity contribution in [2.24, 2.45) is 11.7 Å². The van der Waals surface area contributed by atoms with Crippen LogP contribution in [-0.4, -0.2) is 55.2 Å².